The second-order valence-electron chi connectivity index (χ2n) is 6.44. The number of carboxylic acid groups (broad SMARTS) is 1. The maximum absolute atomic E-state index is 12.5. The topological polar surface area (TPSA) is 99.8 Å². The van der Waals surface area contributed by atoms with E-state index < -0.39 is 11.4 Å². The molecule has 0 radical (unpaired) electrons. The van der Waals surface area contributed by atoms with Crippen LogP contribution in [-0.4, -0.2) is 49.7 Å². The summed E-state index contributed by atoms with van der Waals surface area (Å²) in [7, 11) is 0. The van der Waals surface area contributed by atoms with Crippen LogP contribution in [0.15, 0.2) is 22.8 Å². The van der Waals surface area contributed by atoms with Crippen molar-refractivity contribution < 1.29 is 14.7 Å². The van der Waals surface area contributed by atoms with Crippen molar-refractivity contribution in [3.05, 3.63) is 22.8 Å². The second-order valence-corrected chi connectivity index (χ2v) is 7.36. The fourth-order valence-corrected chi connectivity index (χ4v) is 4.20. The zero-order chi connectivity index (χ0) is 16.9. The molecule has 3 heterocycles. The van der Waals surface area contributed by atoms with Crippen molar-refractivity contribution in [1.29, 1.82) is 0 Å². The van der Waals surface area contributed by atoms with Gasteiger partial charge in [0, 0.05) is 23.8 Å². The first-order valence-corrected chi connectivity index (χ1v) is 8.58. The minimum absolute atomic E-state index is 0.0331. The molecule has 1 aliphatic heterocycles. The Hall–Kier alpha value is -2.16. The Kier molecular flexibility index (Phi) is 3.48. The zero-order valence-corrected chi connectivity index (χ0v) is 14.4. The number of aliphatic carboxylic acids is 1. The molecule has 2 aliphatic rings. The van der Waals surface area contributed by atoms with Crippen molar-refractivity contribution in [2.45, 2.75) is 19.3 Å². The van der Waals surface area contributed by atoms with Gasteiger partial charge in [-0.3, -0.25) is 10.1 Å². The van der Waals surface area contributed by atoms with E-state index in [-0.39, 0.29) is 24.4 Å². The highest BCUT2D eigenvalue weighted by Gasteiger charge is 2.55. The number of fused-ring (bicyclic) bond motifs is 2. The SMILES string of the molecule is O=C(Nc1nc2cc(Br)ccn2n1)N1C[C@@H]2CCC[C@@]2(C(=O)O)C1. The number of nitrogens with one attached hydrogen (secondary N) is 1. The van der Waals surface area contributed by atoms with Crippen molar-refractivity contribution in [3.8, 4) is 0 Å². The smallest absolute Gasteiger partial charge is 0.324 e. The minimum Gasteiger partial charge on any atom is -0.481 e. The van der Waals surface area contributed by atoms with Gasteiger partial charge >= 0.3 is 12.0 Å². The van der Waals surface area contributed by atoms with Gasteiger partial charge in [-0.2, -0.15) is 4.98 Å². The Morgan fingerprint density at radius 2 is 2.29 bits per heavy atom. The molecule has 2 N–H and O–H groups in total. The minimum atomic E-state index is -0.795. The van der Waals surface area contributed by atoms with E-state index in [0.717, 1.165) is 17.3 Å². The Bertz CT molecular complexity index is 838. The third-order valence-corrected chi connectivity index (χ3v) is 5.60. The summed E-state index contributed by atoms with van der Waals surface area (Å²) >= 11 is 3.36. The third-order valence-electron chi connectivity index (χ3n) is 5.10. The average Bonchev–Trinajstić information content (AvgIpc) is 3.17. The predicted octanol–water partition coefficient (Wildman–Crippen LogP) is 2.21. The van der Waals surface area contributed by atoms with Crippen LogP contribution < -0.4 is 5.32 Å². The number of pyridine rings is 1. The molecule has 2 amide bonds. The molecule has 0 unspecified atom stereocenters. The Balaban J connectivity index is 1.51. The molecule has 0 spiro atoms. The maximum atomic E-state index is 12.5. The lowest BCUT2D eigenvalue weighted by molar-refractivity contribution is -0.149. The molecular formula is C15H16BrN5O3. The standard InChI is InChI=1S/C15H16BrN5O3/c16-10-3-5-21-11(6-10)17-13(19-21)18-14(24)20-7-9-2-1-4-15(9,8-20)12(22)23/h3,5-6,9H,1-2,4,7-8H2,(H,22,23)(H,18,19,24)/t9-,15+/m0/s1. The highest BCUT2D eigenvalue weighted by atomic mass is 79.9. The molecular weight excluding hydrogens is 378 g/mol. The molecule has 4 rings (SSSR count). The lowest BCUT2D eigenvalue weighted by Gasteiger charge is -2.23. The Morgan fingerprint density at radius 1 is 1.46 bits per heavy atom. The van der Waals surface area contributed by atoms with Gasteiger partial charge in [0.2, 0.25) is 0 Å². The Labute approximate surface area is 146 Å². The van der Waals surface area contributed by atoms with Crippen molar-refractivity contribution in [3.63, 3.8) is 0 Å². The fraction of sp³-hybridized carbons (Fsp3) is 0.467. The van der Waals surface area contributed by atoms with Gasteiger partial charge in [-0.25, -0.2) is 9.31 Å². The summed E-state index contributed by atoms with van der Waals surface area (Å²) in [5, 5.41) is 16.5. The molecule has 2 fully saturated rings. The number of anilines is 1. The number of carbonyl (C=O) groups excluding carboxylic acids is 1. The summed E-state index contributed by atoms with van der Waals surface area (Å²) in [4.78, 5) is 30.0. The quantitative estimate of drug-likeness (QED) is 0.814. The van der Waals surface area contributed by atoms with Crippen molar-refractivity contribution in [1.82, 2.24) is 19.5 Å². The van der Waals surface area contributed by atoms with Gasteiger partial charge in [0.05, 0.1) is 5.41 Å². The summed E-state index contributed by atoms with van der Waals surface area (Å²) in [6, 6.07) is 3.27. The van der Waals surface area contributed by atoms with Gasteiger partial charge in [0.15, 0.2) is 5.65 Å². The molecule has 9 heteroatoms. The number of hydrogen-bond acceptors (Lipinski definition) is 4. The molecule has 0 aromatic carbocycles. The maximum Gasteiger partial charge on any atom is 0.324 e. The lowest BCUT2D eigenvalue weighted by Crippen LogP contribution is -2.38. The van der Waals surface area contributed by atoms with Gasteiger partial charge in [0.25, 0.3) is 5.95 Å². The summed E-state index contributed by atoms with van der Waals surface area (Å²) in [5.41, 5.74) is -0.172. The number of nitrogens with zero attached hydrogens (tertiary/aromatic N) is 4. The number of urea groups is 1. The molecule has 2 aromatic heterocycles. The van der Waals surface area contributed by atoms with Crippen molar-refractivity contribution >= 4 is 39.5 Å². The van der Waals surface area contributed by atoms with E-state index in [1.165, 1.54) is 0 Å². The second kappa shape index (κ2) is 5.44. The van der Waals surface area contributed by atoms with Crippen LogP contribution in [0.1, 0.15) is 19.3 Å². The average molecular weight is 394 g/mol. The van der Waals surface area contributed by atoms with Crippen LogP contribution in [0.5, 0.6) is 0 Å². The number of halogens is 1. The van der Waals surface area contributed by atoms with Gasteiger partial charge in [0.1, 0.15) is 0 Å². The van der Waals surface area contributed by atoms with Crippen LogP contribution in [0.25, 0.3) is 5.65 Å². The molecule has 2 atom stereocenters. The van der Waals surface area contributed by atoms with Gasteiger partial charge in [-0.15, -0.1) is 5.10 Å². The fourth-order valence-electron chi connectivity index (χ4n) is 3.88. The molecule has 1 saturated heterocycles. The molecule has 1 aliphatic carbocycles. The van der Waals surface area contributed by atoms with Gasteiger partial charge in [-0.1, -0.05) is 22.4 Å². The first kappa shape index (κ1) is 15.4. The number of hydrogen-bond donors (Lipinski definition) is 2. The monoisotopic (exact) mass is 393 g/mol. The largest absolute Gasteiger partial charge is 0.481 e. The van der Waals surface area contributed by atoms with E-state index in [9.17, 15) is 14.7 Å². The third kappa shape index (κ3) is 2.34. The normalized spacial score (nSPS) is 25.9. The number of likely N-dealkylation sites (tertiary alicyclic amines) is 1. The van der Waals surface area contributed by atoms with Crippen LogP contribution in [0, 0.1) is 11.3 Å². The lowest BCUT2D eigenvalue weighted by atomic mass is 9.81. The number of rotatable bonds is 2. The van der Waals surface area contributed by atoms with E-state index in [2.05, 4.69) is 31.3 Å². The van der Waals surface area contributed by atoms with Crippen LogP contribution in [-0.2, 0) is 4.79 Å². The van der Waals surface area contributed by atoms with E-state index in [4.69, 9.17) is 0 Å². The van der Waals surface area contributed by atoms with E-state index in [1.54, 1.807) is 21.7 Å². The number of amides is 2. The molecule has 1 saturated carbocycles. The number of carboxylic acids is 1. The summed E-state index contributed by atoms with van der Waals surface area (Å²) in [5.74, 6) is -0.554. The first-order valence-electron chi connectivity index (χ1n) is 7.79. The van der Waals surface area contributed by atoms with Crippen LogP contribution in [0.2, 0.25) is 0 Å². The van der Waals surface area contributed by atoms with E-state index in [0.29, 0.717) is 18.6 Å². The summed E-state index contributed by atoms with van der Waals surface area (Å²) < 4.78 is 2.44. The molecule has 8 nitrogen and oxygen atoms in total. The summed E-state index contributed by atoms with van der Waals surface area (Å²) in [6.07, 6.45) is 4.14. The highest BCUT2D eigenvalue weighted by molar-refractivity contribution is 9.10. The molecule has 24 heavy (non-hydrogen) atoms. The van der Waals surface area contributed by atoms with Crippen LogP contribution in [0.4, 0.5) is 10.7 Å². The number of carbonyl (C=O) groups is 2. The number of aromatic nitrogens is 3. The van der Waals surface area contributed by atoms with E-state index in [1.807, 2.05) is 6.07 Å². The summed E-state index contributed by atoms with van der Waals surface area (Å²) in [6.45, 7) is 0.717. The first-order chi connectivity index (χ1) is 11.5. The zero-order valence-electron chi connectivity index (χ0n) is 12.8. The molecule has 0 bridgehead atoms. The molecule has 126 valence electrons. The molecule has 2 aromatic rings. The van der Waals surface area contributed by atoms with Crippen molar-refractivity contribution in [2.24, 2.45) is 11.3 Å². The highest BCUT2D eigenvalue weighted by Crippen LogP contribution is 2.48. The predicted molar refractivity (Wildman–Crippen MR) is 88.7 cm³/mol. The van der Waals surface area contributed by atoms with Gasteiger partial charge < -0.3 is 10.0 Å². The van der Waals surface area contributed by atoms with E-state index >= 15 is 0 Å². The Morgan fingerprint density at radius 3 is 3.04 bits per heavy atom. The van der Waals surface area contributed by atoms with Crippen molar-refractivity contribution in [2.75, 3.05) is 18.4 Å². The van der Waals surface area contributed by atoms with Crippen LogP contribution in [0.3, 0.4) is 0 Å². The van der Waals surface area contributed by atoms with Gasteiger partial charge in [-0.05, 0) is 30.9 Å². The van der Waals surface area contributed by atoms with Crippen LogP contribution >= 0.6 is 15.9 Å².